The van der Waals surface area contributed by atoms with E-state index in [-0.39, 0.29) is 23.5 Å². The van der Waals surface area contributed by atoms with Crippen molar-refractivity contribution in [1.29, 1.82) is 0 Å². The van der Waals surface area contributed by atoms with Crippen LogP contribution in [0.1, 0.15) is 34.6 Å². The molecule has 166 valence electrons. The molecule has 7 nitrogen and oxygen atoms in total. The van der Waals surface area contributed by atoms with E-state index in [1.54, 1.807) is 36.3 Å². The molecule has 0 radical (unpaired) electrons. The quantitative estimate of drug-likeness (QED) is 0.622. The smallest absolute Gasteiger partial charge is 0.272 e. The Labute approximate surface area is 191 Å². The molecule has 32 heavy (non-hydrogen) atoms. The molecule has 1 atom stereocenters. The van der Waals surface area contributed by atoms with Crippen LogP contribution in [0.2, 0.25) is 0 Å². The molecule has 0 aliphatic carbocycles. The molecule has 1 aliphatic heterocycles. The molecule has 2 amide bonds. The molecule has 0 spiro atoms. The van der Waals surface area contributed by atoms with Crippen LogP contribution >= 0.6 is 11.3 Å². The first-order chi connectivity index (χ1) is 15.4. The van der Waals surface area contributed by atoms with Gasteiger partial charge in [0.2, 0.25) is 11.9 Å². The highest BCUT2D eigenvalue weighted by molar-refractivity contribution is 7.13. The minimum Gasteiger partial charge on any atom is -0.368 e. The van der Waals surface area contributed by atoms with Crippen molar-refractivity contribution in [1.82, 2.24) is 20.2 Å². The zero-order chi connectivity index (χ0) is 22.7. The molecule has 3 N–H and O–H groups in total. The molecular formula is C24H27N5O2S. The lowest BCUT2D eigenvalue weighted by molar-refractivity contribution is -0.133. The number of benzene rings is 1. The SMILES string of the molecule is CNC(=O)C1(Cc2cccc(-c3cccs3)c2)CCCN(C(=O)c2cc(C)nc(N)n2)C1. The van der Waals surface area contributed by atoms with Crippen LogP contribution in [-0.2, 0) is 11.2 Å². The van der Waals surface area contributed by atoms with Gasteiger partial charge in [0.25, 0.3) is 5.91 Å². The number of aryl methyl sites for hydroxylation is 1. The van der Waals surface area contributed by atoms with Gasteiger partial charge in [-0.2, -0.15) is 0 Å². The van der Waals surface area contributed by atoms with Crippen molar-refractivity contribution in [2.45, 2.75) is 26.2 Å². The maximum atomic E-state index is 13.2. The monoisotopic (exact) mass is 449 g/mol. The third-order valence-corrected chi connectivity index (χ3v) is 6.86. The standard InChI is InChI=1S/C24H27N5O2S/c1-16-12-19(28-23(25)27-16)21(30)29-10-5-9-24(15-29,22(31)26-2)14-17-6-3-7-18(13-17)20-8-4-11-32-20/h3-4,6-8,11-13H,5,9-10,14-15H2,1-2H3,(H,26,31)(H2,25,27,28). The third-order valence-electron chi connectivity index (χ3n) is 5.94. The van der Waals surface area contributed by atoms with Crippen LogP contribution in [0.15, 0.2) is 47.8 Å². The first kappa shape index (κ1) is 22.0. The zero-order valence-electron chi connectivity index (χ0n) is 18.3. The molecule has 1 aromatic carbocycles. The number of piperidine rings is 1. The summed E-state index contributed by atoms with van der Waals surface area (Å²) in [5, 5.41) is 4.89. The highest BCUT2D eigenvalue weighted by Gasteiger charge is 2.43. The summed E-state index contributed by atoms with van der Waals surface area (Å²) in [7, 11) is 1.65. The molecule has 8 heteroatoms. The minimum absolute atomic E-state index is 0.0464. The van der Waals surface area contributed by atoms with E-state index < -0.39 is 5.41 Å². The van der Waals surface area contributed by atoms with E-state index in [1.165, 1.54) is 4.88 Å². The number of nitrogen functional groups attached to an aromatic ring is 1. The van der Waals surface area contributed by atoms with Crippen LogP contribution in [0.5, 0.6) is 0 Å². The molecule has 4 rings (SSSR count). The van der Waals surface area contributed by atoms with Crippen molar-refractivity contribution >= 4 is 29.1 Å². The van der Waals surface area contributed by atoms with Gasteiger partial charge in [0, 0.05) is 30.7 Å². The van der Waals surface area contributed by atoms with Crippen molar-refractivity contribution in [2.75, 3.05) is 25.9 Å². The fourth-order valence-corrected chi connectivity index (χ4v) is 5.24. The van der Waals surface area contributed by atoms with E-state index in [9.17, 15) is 9.59 Å². The number of thiophene rings is 1. The summed E-state index contributed by atoms with van der Waals surface area (Å²) < 4.78 is 0. The topological polar surface area (TPSA) is 101 Å². The van der Waals surface area contributed by atoms with Crippen LogP contribution < -0.4 is 11.1 Å². The normalized spacial score (nSPS) is 18.4. The molecule has 1 saturated heterocycles. The van der Waals surface area contributed by atoms with Crippen molar-refractivity contribution < 1.29 is 9.59 Å². The molecular weight excluding hydrogens is 422 g/mol. The average Bonchev–Trinajstić information content (AvgIpc) is 3.33. The molecule has 2 aromatic heterocycles. The molecule has 0 saturated carbocycles. The summed E-state index contributed by atoms with van der Waals surface area (Å²) in [6.45, 7) is 2.69. The van der Waals surface area contributed by atoms with Gasteiger partial charge in [-0.05, 0) is 54.8 Å². The molecule has 3 heterocycles. The fraction of sp³-hybridized carbons (Fsp3) is 0.333. The molecule has 1 aliphatic rings. The Morgan fingerprint density at radius 1 is 1.22 bits per heavy atom. The lowest BCUT2D eigenvalue weighted by Gasteiger charge is -2.41. The van der Waals surface area contributed by atoms with Gasteiger partial charge < -0.3 is 16.0 Å². The Balaban J connectivity index is 1.62. The third kappa shape index (κ3) is 4.50. The second kappa shape index (κ2) is 9.08. The van der Waals surface area contributed by atoms with Gasteiger partial charge in [0.05, 0.1) is 5.41 Å². The Kier molecular flexibility index (Phi) is 6.23. The average molecular weight is 450 g/mol. The van der Waals surface area contributed by atoms with Gasteiger partial charge in [-0.1, -0.05) is 30.3 Å². The number of likely N-dealkylation sites (tertiary alicyclic amines) is 1. The number of amides is 2. The Bertz CT molecular complexity index is 1110. The predicted molar refractivity (Wildman–Crippen MR) is 126 cm³/mol. The summed E-state index contributed by atoms with van der Waals surface area (Å²) >= 11 is 1.69. The lowest BCUT2D eigenvalue weighted by Crippen LogP contribution is -2.54. The van der Waals surface area contributed by atoms with E-state index >= 15 is 0 Å². The van der Waals surface area contributed by atoms with Crippen molar-refractivity contribution in [3.63, 3.8) is 0 Å². The van der Waals surface area contributed by atoms with Crippen LogP contribution in [0.4, 0.5) is 5.95 Å². The molecule has 1 unspecified atom stereocenters. The Morgan fingerprint density at radius 3 is 2.78 bits per heavy atom. The molecule has 3 aromatic rings. The van der Waals surface area contributed by atoms with Crippen LogP contribution in [0, 0.1) is 12.3 Å². The summed E-state index contributed by atoms with van der Waals surface area (Å²) in [6, 6.07) is 14.1. The Morgan fingerprint density at radius 2 is 2.06 bits per heavy atom. The maximum absolute atomic E-state index is 13.2. The minimum atomic E-state index is -0.704. The lowest BCUT2D eigenvalue weighted by atomic mass is 9.74. The van der Waals surface area contributed by atoms with Crippen molar-refractivity contribution in [3.05, 3.63) is 64.8 Å². The number of carbonyl (C=O) groups is 2. The van der Waals surface area contributed by atoms with Crippen LogP contribution in [-0.4, -0.2) is 46.8 Å². The van der Waals surface area contributed by atoms with Crippen LogP contribution in [0.3, 0.4) is 0 Å². The van der Waals surface area contributed by atoms with E-state index in [4.69, 9.17) is 5.73 Å². The van der Waals surface area contributed by atoms with Gasteiger partial charge >= 0.3 is 0 Å². The summed E-state index contributed by atoms with van der Waals surface area (Å²) in [4.78, 5) is 37.4. The van der Waals surface area contributed by atoms with Gasteiger partial charge in [0.15, 0.2) is 0 Å². The fourth-order valence-electron chi connectivity index (χ4n) is 4.51. The number of aromatic nitrogens is 2. The van der Waals surface area contributed by atoms with Crippen molar-refractivity contribution in [3.8, 4) is 10.4 Å². The molecule has 1 fully saturated rings. The highest BCUT2D eigenvalue weighted by atomic mass is 32.1. The van der Waals surface area contributed by atoms with Gasteiger partial charge in [-0.25, -0.2) is 9.97 Å². The summed E-state index contributed by atoms with van der Waals surface area (Å²) in [5.74, 6) is -0.189. The largest absolute Gasteiger partial charge is 0.368 e. The predicted octanol–water partition coefficient (Wildman–Crippen LogP) is 3.31. The summed E-state index contributed by atoms with van der Waals surface area (Å²) in [6.07, 6.45) is 2.01. The molecule has 0 bridgehead atoms. The number of nitrogens with zero attached hydrogens (tertiary/aromatic N) is 3. The number of nitrogens with two attached hydrogens (primary N) is 1. The first-order valence-electron chi connectivity index (χ1n) is 10.7. The number of hydrogen-bond acceptors (Lipinski definition) is 6. The number of rotatable bonds is 5. The zero-order valence-corrected chi connectivity index (χ0v) is 19.1. The van der Waals surface area contributed by atoms with Crippen molar-refractivity contribution in [2.24, 2.45) is 5.41 Å². The maximum Gasteiger partial charge on any atom is 0.272 e. The van der Waals surface area contributed by atoms with E-state index in [2.05, 4.69) is 44.9 Å². The Hall–Kier alpha value is -3.26. The van der Waals surface area contributed by atoms with E-state index in [0.29, 0.717) is 31.6 Å². The second-order valence-corrected chi connectivity index (χ2v) is 9.24. The van der Waals surface area contributed by atoms with E-state index in [1.807, 2.05) is 12.1 Å². The summed E-state index contributed by atoms with van der Waals surface area (Å²) in [5.41, 5.74) is 8.17. The number of carbonyl (C=O) groups excluding carboxylic acids is 2. The first-order valence-corrected chi connectivity index (χ1v) is 11.5. The van der Waals surface area contributed by atoms with Gasteiger partial charge in [0.1, 0.15) is 5.69 Å². The number of anilines is 1. The van der Waals surface area contributed by atoms with Gasteiger partial charge in [-0.15, -0.1) is 11.3 Å². The van der Waals surface area contributed by atoms with Crippen LogP contribution in [0.25, 0.3) is 10.4 Å². The number of nitrogens with one attached hydrogen (secondary N) is 1. The van der Waals surface area contributed by atoms with E-state index in [0.717, 1.165) is 17.5 Å². The van der Waals surface area contributed by atoms with Gasteiger partial charge in [-0.3, -0.25) is 9.59 Å². The second-order valence-electron chi connectivity index (χ2n) is 8.30. The highest BCUT2D eigenvalue weighted by Crippen LogP contribution is 2.36. The number of hydrogen-bond donors (Lipinski definition) is 2.